The highest BCUT2D eigenvalue weighted by Gasteiger charge is 2.11. The highest BCUT2D eigenvalue weighted by Crippen LogP contribution is 2.21. The minimum atomic E-state index is -0.521. The summed E-state index contributed by atoms with van der Waals surface area (Å²) in [6.45, 7) is 8.01. The van der Waals surface area contributed by atoms with Crippen LogP contribution in [-0.4, -0.2) is 31.1 Å². The molecule has 0 amide bonds. The molecule has 0 saturated carbocycles. The molecule has 198 valence electrons. The van der Waals surface area contributed by atoms with Crippen molar-refractivity contribution in [3.8, 4) is 17.2 Å². The van der Waals surface area contributed by atoms with Gasteiger partial charge in [-0.3, -0.25) is 0 Å². The number of unbranched alkanes of at least 4 members (excludes halogenated alkanes) is 1. The van der Waals surface area contributed by atoms with Crippen LogP contribution in [0.2, 0.25) is 0 Å². The Morgan fingerprint density at radius 3 is 1.66 bits per heavy atom. The van der Waals surface area contributed by atoms with Gasteiger partial charge in [0, 0.05) is 5.57 Å². The fourth-order valence-corrected chi connectivity index (χ4v) is 3.37. The maximum absolute atomic E-state index is 12.5. The Hall–Kier alpha value is -4.39. The van der Waals surface area contributed by atoms with Gasteiger partial charge in [0.05, 0.1) is 24.3 Å². The van der Waals surface area contributed by atoms with Crippen molar-refractivity contribution < 1.29 is 33.3 Å². The summed E-state index contributed by atoms with van der Waals surface area (Å²) in [6.07, 6.45) is 3.39. The van der Waals surface area contributed by atoms with Gasteiger partial charge < -0.3 is 18.9 Å². The Morgan fingerprint density at radius 1 is 0.684 bits per heavy atom. The van der Waals surface area contributed by atoms with Crippen LogP contribution >= 0.6 is 0 Å². The van der Waals surface area contributed by atoms with Crippen LogP contribution in [0.15, 0.2) is 84.9 Å². The van der Waals surface area contributed by atoms with E-state index in [4.69, 9.17) is 18.9 Å². The molecule has 3 aromatic carbocycles. The van der Waals surface area contributed by atoms with E-state index in [0.29, 0.717) is 60.0 Å². The van der Waals surface area contributed by atoms with Gasteiger partial charge in [0.25, 0.3) is 0 Å². The summed E-state index contributed by atoms with van der Waals surface area (Å²) in [5.41, 5.74) is 2.39. The highest BCUT2D eigenvalue weighted by molar-refractivity contribution is 5.92. The van der Waals surface area contributed by atoms with Gasteiger partial charge in [-0.25, -0.2) is 14.4 Å². The fraction of sp³-hybridized carbons (Fsp3) is 0.258. The zero-order valence-corrected chi connectivity index (χ0v) is 21.7. The first kappa shape index (κ1) is 28.2. The van der Waals surface area contributed by atoms with Crippen molar-refractivity contribution in [3.05, 3.63) is 102 Å². The lowest BCUT2D eigenvalue weighted by Crippen LogP contribution is -2.10. The summed E-state index contributed by atoms with van der Waals surface area (Å²) in [5, 5.41) is 0. The number of hydrogen-bond acceptors (Lipinski definition) is 7. The zero-order valence-electron chi connectivity index (χ0n) is 21.7. The van der Waals surface area contributed by atoms with E-state index in [0.717, 1.165) is 12.8 Å². The van der Waals surface area contributed by atoms with Crippen LogP contribution < -0.4 is 14.2 Å². The third kappa shape index (κ3) is 8.92. The van der Waals surface area contributed by atoms with E-state index in [1.54, 1.807) is 67.6 Å². The molecule has 0 aliphatic rings. The third-order valence-electron chi connectivity index (χ3n) is 5.45. The summed E-state index contributed by atoms with van der Waals surface area (Å²) in [7, 11) is 0. The molecule has 0 fully saturated rings. The third-order valence-corrected chi connectivity index (χ3v) is 5.45. The van der Waals surface area contributed by atoms with E-state index in [2.05, 4.69) is 13.5 Å². The SMILES string of the molecule is C=C(C)C(=O)OCCCCOc1ccc(C(=O)Oc2ccc(OC(=O)c3ccc(CCC)cc3)cc2)cc1. The van der Waals surface area contributed by atoms with Crippen molar-refractivity contribution in [2.45, 2.75) is 39.5 Å². The largest absolute Gasteiger partial charge is 0.494 e. The molecule has 0 aliphatic carbocycles. The van der Waals surface area contributed by atoms with Gasteiger partial charge in [-0.15, -0.1) is 0 Å². The number of ether oxygens (including phenoxy) is 4. The average molecular weight is 517 g/mol. The number of carbonyl (C=O) groups excluding carboxylic acids is 3. The van der Waals surface area contributed by atoms with Crippen LogP contribution in [0.1, 0.15) is 59.4 Å². The van der Waals surface area contributed by atoms with Gasteiger partial charge in [0.15, 0.2) is 0 Å². The highest BCUT2D eigenvalue weighted by atomic mass is 16.5. The molecule has 0 N–H and O–H groups in total. The van der Waals surface area contributed by atoms with E-state index in [-0.39, 0.29) is 0 Å². The molecule has 3 aromatic rings. The zero-order chi connectivity index (χ0) is 27.3. The summed E-state index contributed by atoms with van der Waals surface area (Å²) >= 11 is 0. The lowest BCUT2D eigenvalue weighted by molar-refractivity contribution is -0.139. The molecule has 0 unspecified atom stereocenters. The second kappa shape index (κ2) is 14.4. The topological polar surface area (TPSA) is 88.1 Å². The molecular weight excluding hydrogens is 484 g/mol. The van der Waals surface area contributed by atoms with E-state index < -0.39 is 17.9 Å². The van der Waals surface area contributed by atoms with E-state index >= 15 is 0 Å². The van der Waals surface area contributed by atoms with Crippen LogP contribution in [0.25, 0.3) is 0 Å². The molecule has 0 heterocycles. The molecule has 0 radical (unpaired) electrons. The van der Waals surface area contributed by atoms with Gasteiger partial charge in [-0.05, 0) is 92.4 Å². The second-order valence-electron chi connectivity index (χ2n) is 8.69. The minimum Gasteiger partial charge on any atom is -0.494 e. The molecular formula is C31H32O7. The van der Waals surface area contributed by atoms with Gasteiger partial charge in [-0.1, -0.05) is 32.1 Å². The smallest absolute Gasteiger partial charge is 0.343 e. The Kier molecular flexibility index (Phi) is 10.7. The number of hydrogen-bond donors (Lipinski definition) is 0. The lowest BCUT2D eigenvalue weighted by atomic mass is 10.1. The van der Waals surface area contributed by atoms with Gasteiger partial charge in [0.2, 0.25) is 0 Å². The minimum absolute atomic E-state index is 0.316. The molecule has 0 aromatic heterocycles. The van der Waals surface area contributed by atoms with Crippen LogP contribution in [0.4, 0.5) is 0 Å². The lowest BCUT2D eigenvalue weighted by Gasteiger charge is -2.09. The average Bonchev–Trinajstić information content (AvgIpc) is 2.92. The molecule has 0 saturated heterocycles. The van der Waals surface area contributed by atoms with E-state index in [9.17, 15) is 14.4 Å². The van der Waals surface area contributed by atoms with Crippen molar-refractivity contribution in [1.29, 1.82) is 0 Å². The predicted molar refractivity (Wildman–Crippen MR) is 144 cm³/mol. The van der Waals surface area contributed by atoms with Crippen molar-refractivity contribution >= 4 is 17.9 Å². The monoisotopic (exact) mass is 516 g/mol. The maximum Gasteiger partial charge on any atom is 0.343 e. The first-order chi connectivity index (χ1) is 18.4. The van der Waals surface area contributed by atoms with Crippen molar-refractivity contribution in [2.24, 2.45) is 0 Å². The van der Waals surface area contributed by atoms with E-state index in [1.165, 1.54) is 5.56 Å². The molecule has 0 aliphatic heterocycles. The van der Waals surface area contributed by atoms with Crippen molar-refractivity contribution in [2.75, 3.05) is 13.2 Å². The Balaban J connectivity index is 1.42. The standard InChI is InChI=1S/C31H32O7/c1-4-7-23-8-10-24(11-9-23)30(33)37-27-16-18-28(19-17-27)38-31(34)25-12-14-26(15-13-25)35-20-5-6-21-36-29(32)22(2)3/h8-19H,2,4-7,20-21H2,1,3H3. The molecule has 7 nitrogen and oxygen atoms in total. The van der Waals surface area contributed by atoms with Gasteiger partial charge in [0.1, 0.15) is 17.2 Å². The molecule has 0 spiro atoms. The quantitative estimate of drug-likeness (QED) is 0.113. The van der Waals surface area contributed by atoms with E-state index in [1.807, 2.05) is 12.1 Å². The van der Waals surface area contributed by atoms with Gasteiger partial charge in [-0.2, -0.15) is 0 Å². The molecule has 0 bridgehead atoms. The normalized spacial score (nSPS) is 10.4. The molecule has 3 rings (SSSR count). The van der Waals surface area contributed by atoms with Crippen LogP contribution in [0.5, 0.6) is 17.2 Å². The summed E-state index contributed by atoms with van der Waals surface area (Å²) in [6, 6.07) is 20.3. The van der Waals surface area contributed by atoms with Gasteiger partial charge >= 0.3 is 17.9 Å². The second-order valence-corrected chi connectivity index (χ2v) is 8.69. The Bertz CT molecular complexity index is 1230. The van der Waals surface area contributed by atoms with Crippen molar-refractivity contribution in [3.63, 3.8) is 0 Å². The summed E-state index contributed by atoms with van der Waals surface area (Å²) < 4.78 is 21.5. The number of esters is 3. The maximum atomic E-state index is 12.5. The van der Waals surface area contributed by atoms with Crippen LogP contribution in [0, 0.1) is 0 Å². The Labute approximate surface area is 223 Å². The predicted octanol–water partition coefficient (Wildman–Crippen LogP) is 6.36. The summed E-state index contributed by atoms with van der Waals surface area (Å²) in [5.74, 6) is -0.0725. The summed E-state index contributed by atoms with van der Waals surface area (Å²) in [4.78, 5) is 36.2. The van der Waals surface area contributed by atoms with Crippen LogP contribution in [0.3, 0.4) is 0 Å². The first-order valence-electron chi connectivity index (χ1n) is 12.5. The van der Waals surface area contributed by atoms with Crippen molar-refractivity contribution in [1.82, 2.24) is 0 Å². The van der Waals surface area contributed by atoms with Crippen LogP contribution in [-0.2, 0) is 16.0 Å². The fourth-order valence-electron chi connectivity index (χ4n) is 3.37. The number of benzene rings is 3. The molecule has 7 heteroatoms. The number of aryl methyl sites for hydroxylation is 1. The molecule has 0 atom stereocenters. The molecule has 38 heavy (non-hydrogen) atoms. The number of rotatable bonds is 13. The first-order valence-corrected chi connectivity index (χ1v) is 12.5. The number of carbonyl (C=O) groups is 3. The Morgan fingerprint density at radius 2 is 1.16 bits per heavy atom.